The second kappa shape index (κ2) is 11.0. The minimum absolute atomic E-state index is 0.0845. The van der Waals surface area contributed by atoms with Gasteiger partial charge in [-0.25, -0.2) is 17.8 Å². The predicted molar refractivity (Wildman–Crippen MR) is 130 cm³/mol. The number of halogens is 1. The van der Waals surface area contributed by atoms with Crippen molar-refractivity contribution in [3.05, 3.63) is 70.3 Å². The van der Waals surface area contributed by atoms with Gasteiger partial charge >= 0.3 is 0 Å². The number of aromatic nitrogens is 2. The van der Waals surface area contributed by atoms with Crippen molar-refractivity contribution in [1.82, 2.24) is 14.3 Å². The molecular formula is C23H20FN5O5S2. The van der Waals surface area contributed by atoms with Crippen molar-refractivity contribution in [3.63, 3.8) is 0 Å². The van der Waals surface area contributed by atoms with Gasteiger partial charge in [0.25, 0.3) is 5.56 Å². The molecule has 0 bridgehead atoms. The van der Waals surface area contributed by atoms with E-state index >= 15 is 0 Å². The van der Waals surface area contributed by atoms with Gasteiger partial charge in [-0.3, -0.25) is 9.59 Å². The highest BCUT2D eigenvalue weighted by atomic mass is 32.2. The number of rotatable bonds is 7. The molecule has 2 heterocycles. The van der Waals surface area contributed by atoms with Crippen LogP contribution in [0.4, 0.5) is 10.1 Å². The van der Waals surface area contributed by atoms with E-state index in [0.717, 1.165) is 11.8 Å². The van der Waals surface area contributed by atoms with Crippen LogP contribution in [-0.4, -0.2) is 60.7 Å². The third-order valence-corrected chi connectivity index (χ3v) is 8.00. The lowest BCUT2D eigenvalue weighted by molar-refractivity contribution is -0.113. The van der Waals surface area contributed by atoms with Gasteiger partial charge in [0.1, 0.15) is 17.4 Å². The van der Waals surface area contributed by atoms with E-state index < -0.39 is 27.3 Å². The van der Waals surface area contributed by atoms with Crippen LogP contribution in [0.3, 0.4) is 0 Å². The highest BCUT2D eigenvalue weighted by Gasteiger charge is 2.26. The summed E-state index contributed by atoms with van der Waals surface area (Å²) in [6.45, 7) is 1.25. The zero-order valence-corrected chi connectivity index (χ0v) is 20.4. The summed E-state index contributed by atoms with van der Waals surface area (Å²) in [5.74, 6) is -1.01. The molecule has 1 aliphatic rings. The lowest BCUT2D eigenvalue weighted by Gasteiger charge is -2.26. The molecule has 0 aliphatic carbocycles. The molecule has 0 spiro atoms. The summed E-state index contributed by atoms with van der Waals surface area (Å²) >= 11 is 0.943. The standard InChI is InChI=1S/C23H20FN5O5S2/c24-16-3-1-15(2-4-16)21-19(13-25)22(31)28-23(27-21)35-14-20(30)26-17-5-7-18(8-6-17)36(32,33)29-9-11-34-12-10-29/h1-8H,9-12,14H2,(H,26,30)(H,27,28,31). The SMILES string of the molecule is N#Cc1c(-c2ccc(F)cc2)nc(SCC(=O)Nc2ccc(S(=O)(=O)N3CCOCC3)cc2)[nH]c1=O. The summed E-state index contributed by atoms with van der Waals surface area (Å²) in [4.78, 5) is 31.6. The molecule has 2 aromatic carbocycles. The van der Waals surface area contributed by atoms with Crippen molar-refractivity contribution in [3.8, 4) is 17.3 Å². The van der Waals surface area contributed by atoms with Crippen LogP contribution < -0.4 is 10.9 Å². The third-order valence-electron chi connectivity index (χ3n) is 5.21. The molecule has 4 rings (SSSR count). The summed E-state index contributed by atoms with van der Waals surface area (Å²) < 4.78 is 45.2. The molecule has 36 heavy (non-hydrogen) atoms. The summed E-state index contributed by atoms with van der Waals surface area (Å²) in [5, 5.41) is 12.1. The van der Waals surface area contributed by atoms with E-state index in [1.807, 2.05) is 0 Å². The van der Waals surface area contributed by atoms with Crippen LogP contribution in [0.2, 0.25) is 0 Å². The number of thioether (sulfide) groups is 1. The summed E-state index contributed by atoms with van der Waals surface area (Å²) in [6, 6.07) is 12.8. The normalized spacial score (nSPS) is 14.2. The van der Waals surface area contributed by atoms with Crippen molar-refractivity contribution >= 4 is 33.4 Å². The summed E-state index contributed by atoms with van der Waals surface area (Å²) in [7, 11) is -3.64. The number of hydrogen-bond acceptors (Lipinski definition) is 8. The Balaban J connectivity index is 1.42. The molecule has 0 atom stereocenters. The minimum Gasteiger partial charge on any atom is -0.379 e. The Hall–Kier alpha value is -3.57. The fourth-order valence-corrected chi connectivity index (χ4v) is 5.49. The number of ether oxygens (including phenoxy) is 1. The molecule has 10 nitrogen and oxygen atoms in total. The van der Waals surface area contributed by atoms with E-state index in [9.17, 15) is 27.7 Å². The summed E-state index contributed by atoms with van der Waals surface area (Å²) in [6.07, 6.45) is 0. The monoisotopic (exact) mass is 529 g/mol. The Labute approximate surface area is 210 Å². The van der Waals surface area contributed by atoms with Gasteiger partial charge in [0.05, 0.1) is 29.6 Å². The van der Waals surface area contributed by atoms with Gasteiger partial charge in [-0.05, 0) is 48.5 Å². The number of carbonyl (C=O) groups excluding carboxylic acids is 1. The van der Waals surface area contributed by atoms with Crippen molar-refractivity contribution < 1.29 is 22.3 Å². The average molecular weight is 530 g/mol. The second-order valence-electron chi connectivity index (χ2n) is 7.59. The Kier molecular flexibility index (Phi) is 7.80. The maximum absolute atomic E-state index is 13.3. The van der Waals surface area contributed by atoms with Crippen LogP contribution in [0.5, 0.6) is 0 Å². The highest BCUT2D eigenvalue weighted by molar-refractivity contribution is 7.99. The highest BCUT2D eigenvalue weighted by Crippen LogP contribution is 2.23. The van der Waals surface area contributed by atoms with Gasteiger partial charge < -0.3 is 15.0 Å². The first-order valence-electron chi connectivity index (χ1n) is 10.7. The molecule has 1 fully saturated rings. The first-order valence-corrected chi connectivity index (χ1v) is 13.1. The number of benzene rings is 2. The Bertz CT molecular complexity index is 1460. The van der Waals surface area contributed by atoms with Gasteiger partial charge in [-0.15, -0.1) is 0 Å². The molecule has 1 aliphatic heterocycles. The van der Waals surface area contributed by atoms with E-state index in [4.69, 9.17) is 4.74 Å². The van der Waals surface area contributed by atoms with Gasteiger partial charge in [-0.2, -0.15) is 9.57 Å². The number of aromatic amines is 1. The fourth-order valence-electron chi connectivity index (χ4n) is 3.42. The maximum Gasteiger partial charge on any atom is 0.270 e. The molecule has 186 valence electrons. The zero-order chi connectivity index (χ0) is 25.7. The Morgan fingerprint density at radius 1 is 1.17 bits per heavy atom. The number of carbonyl (C=O) groups is 1. The van der Waals surface area contributed by atoms with Gasteiger partial charge in [0.2, 0.25) is 15.9 Å². The van der Waals surface area contributed by atoms with Crippen molar-refractivity contribution in [1.29, 1.82) is 5.26 Å². The molecule has 0 saturated carbocycles. The van der Waals surface area contributed by atoms with E-state index in [1.54, 1.807) is 6.07 Å². The van der Waals surface area contributed by atoms with Crippen molar-refractivity contribution in [2.24, 2.45) is 0 Å². The Morgan fingerprint density at radius 2 is 1.83 bits per heavy atom. The van der Waals surface area contributed by atoms with Gasteiger partial charge in [-0.1, -0.05) is 11.8 Å². The number of nitriles is 1. The van der Waals surface area contributed by atoms with E-state index in [1.165, 1.54) is 52.8 Å². The number of anilines is 1. The van der Waals surface area contributed by atoms with Crippen LogP contribution in [-0.2, 0) is 19.6 Å². The predicted octanol–water partition coefficient (Wildman–Crippen LogP) is 2.20. The smallest absolute Gasteiger partial charge is 0.270 e. The number of morpholine rings is 1. The molecule has 0 radical (unpaired) electrons. The maximum atomic E-state index is 13.3. The summed E-state index contributed by atoms with van der Waals surface area (Å²) in [5.41, 5.74) is -0.0252. The van der Waals surface area contributed by atoms with Crippen molar-refractivity contribution in [2.45, 2.75) is 10.1 Å². The van der Waals surface area contributed by atoms with Crippen LogP contribution in [0.15, 0.2) is 63.4 Å². The van der Waals surface area contributed by atoms with E-state index in [0.29, 0.717) is 24.5 Å². The number of hydrogen-bond donors (Lipinski definition) is 2. The largest absolute Gasteiger partial charge is 0.379 e. The van der Waals surface area contributed by atoms with Crippen LogP contribution in [0.25, 0.3) is 11.3 Å². The third kappa shape index (κ3) is 5.80. The molecule has 2 N–H and O–H groups in total. The minimum atomic E-state index is -3.64. The zero-order valence-electron chi connectivity index (χ0n) is 18.7. The number of amides is 1. The molecule has 0 unspecified atom stereocenters. The molecular weight excluding hydrogens is 509 g/mol. The molecule has 1 saturated heterocycles. The van der Waals surface area contributed by atoms with Gasteiger partial charge in [0, 0.05) is 24.3 Å². The topological polar surface area (TPSA) is 145 Å². The number of nitrogens with one attached hydrogen (secondary N) is 2. The molecule has 1 aromatic heterocycles. The fraction of sp³-hybridized carbons (Fsp3) is 0.217. The number of H-pyrrole nitrogens is 1. The van der Waals surface area contributed by atoms with Gasteiger partial charge in [0.15, 0.2) is 5.16 Å². The van der Waals surface area contributed by atoms with Crippen LogP contribution >= 0.6 is 11.8 Å². The number of nitrogens with zero attached hydrogens (tertiary/aromatic N) is 3. The number of sulfonamides is 1. The second-order valence-corrected chi connectivity index (χ2v) is 10.5. The van der Waals surface area contributed by atoms with E-state index in [2.05, 4.69) is 15.3 Å². The van der Waals surface area contributed by atoms with Crippen molar-refractivity contribution in [2.75, 3.05) is 37.4 Å². The lowest BCUT2D eigenvalue weighted by Crippen LogP contribution is -2.40. The lowest BCUT2D eigenvalue weighted by atomic mass is 10.1. The van der Waals surface area contributed by atoms with E-state index in [-0.39, 0.29) is 40.2 Å². The quantitative estimate of drug-likeness (QED) is 0.350. The molecule has 13 heteroatoms. The van der Waals surface area contributed by atoms with Crippen LogP contribution in [0.1, 0.15) is 5.56 Å². The first-order chi connectivity index (χ1) is 17.3. The average Bonchev–Trinajstić information content (AvgIpc) is 2.88. The molecule has 1 amide bonds. The first kappa shape index (κ1) is 25.5. The molecule has 3 aromatic rings. The Morgan fingerprint density at radius 3 is 2.47 bits per heavy atom. The van der Waals surface area contributed by atoms with Crippen LogP contribution in [0, 0.1) is 17.1 Å².